The van der Waals surface area contributed by atoms with Crippen molar-refractivity contribution < 1.29 is 18.0 Å². The topological polar surface area (TPSA) is 110 Å². The average molecular weight is 338 g/mol. The van der Waals surface area contributed by atoms with Crippen LogP contribution in [0.1, 0.15) is 0 Å². The Balaban J connectivity index is 2.51. The highest BCUT2D eigenvalue weighted by molar-refractivity contribution is 7.89. The molecule has 108 valence electrons. The minimum Gasteiger partial charge on any atom is -0.399 e. The van der Waals surface area contributed by atoms with E-state index in [1.54, 1.807) is 0 Å². The quantitative estimate of drug-likeness (QED) is 0.592. The predicted molar refractivity (Wildman–Crippen MR) is 72.8 cm³/mol. The van der Waals surface area contributed by atoms with Crippen LogP contribution < -0.4 is 11.1 Å². The number of amides is 2. The standard InChI is InChI=1S/C10H9Cl2N3O4S/c11-6-1-5(13)2-7(12)10(6)20(18,19)15-3-8(16)14-9(17)4-15/h1-2H,3-4,13H2,(H,14,16,17). The number of hydrogen-bond acceptors (Lipinski definition) is 5. The van der Waals surface area contributed by atoms with Gasteiger partial charge in [-0.15, -0.1) is 0 Å². The van der Waals surface area contributed by atoms with Gasteiger partial charge in [0.15, 0.2) is 0 Å². The van der Waals surface area contributed by atoms with Crippen molar-refractivity contribution in [3.63, 3.8) is 0 Å². The van der Waals surface area contributed by atoms with Crippen LogP contribution in [0.15, 0.2) is 17.0 Å². The van der Waals surface area contributed by atoms with Gasteiger partial charge >= 0.3 is 0 Å². The molecule has 1 aliphatic rings. The normalized spacial score (nSPS) is 17.1. The Bertz CT molecular complexity index is 665. The highest BCUT2D eigenvalue weighted by Gasteiger charge is 2.35. The molecule has 1 heterocycles. The number of benzene rings is 1. The van der Waals surface area contributed by atoms with Crippen molar-refractivity contribution in [3.05, 3.63) is 22.2 Å². The van der Waals surface area contributed by atoms with E-state index in [1.807, 2.05) is 5.32 Å². The smallest absolute Gasteiger partial charge is 0.246 e. The summed E-state index contributed by atoms with van der Waals surface area (Å²) in [5.41, 5.74) is 5.70. The van der Waals surface area contributed by atoms with Crippen molar-refractivity contribution in [1.29, 1.82) is 0 Å². The predicted octanol–water partition coefficient (Wildman–Crippen LogP) is 0.223. The molecule has 0 bridgehead atoms. The number of piperazine rings is 1. The maximum atomic E-state index is 12.4. The first-order valence-corrected chi connectivity index (χ1v) is 7.49. The van der Waals surface area contributed by atoms with Crippen molar-refractivity contribution in [2.24, 2.45) is 0 Å². The summed E-state index contributed by atoms with van der Waals surface area (Å²) >= 11 is 11.7. The first-order chi connectivity index (χ1) is 9.21. The Morgan fingerprint density at radius 1 is 1.10 bits per heavy atom. The number of hydrogen-bond donors (Lipinski definition) is 2. The third kappa shape index (κ3) is 2.73. The second-order valence-corrected chi connectivity index (χ2v) is 6.75. The monoisotopic (exact) mass is 337 g/mol. The molecule has 0 aliphatic carbocycles. The minimum atomic E-state index is -4.17. The maximum Gasteiger partial charge on any atom is 0.246 e. The molecule has 20 heavy (non-hydrogen) atoms. The highest BCUT2D eigenvalue weighted by atomic mass is 35.5. The molecule has 0 aromatic heterocycles. The van der Waals surface area contributed by atoms with Crippen LogP contribution in [0.2, 0.25) is 10.0 Å². The SMILES string of the molecule is Nc1cc(Cl)c(S(=O)(=O)N2CC(=O)NC(=O)C2)c(Cl)c1. The van der Waals surface area contributed by atoms with Crippen LogP contribution in [0.4, 0.5) is 5.69 Å². The number of carbonyl (C=O) groups is 2. The fourth-order valence-electron chi connectivity index (χ4n) is 1.74. The van der Waals surface area contributed by atoms with Gasteiger partial charge < -0.3 is 5.73 Å². The summed E-state index contributed by atoms with van der Waals surface area (Å²) in [6, 6.07) is 2.46. The van der Waals surface area contributed by atoms with E-state index < -0.39 is 34.9 Å². The number of nitrogens with one attached hydrogen (secondary N) is 1. The van der Waals surface area contributed by atoms with E-state index in [0.717, 1.165) is 0 Å². The Morgan fingerprint density at radius 3 is 2.00 bits per heavy atom. The third-order valence-corrected chi connectivity index (χ3v) is 5.25. The first kappa shape index (κ1) is 15.0. The zero-order valence-corrected chi connectivity index (χ0v) is 12.2. The van der Waals surface area contributed by atoms with Gasteiger partial charge in [-0.05, 0) is 12.1 Å². The van der Waals surface area contributed by atoms with E-state index >= 15 is 0 Å². The molecule has 0 atom stereocenters. The zero-order chi connectivity index (χ0) is 15.1. The van der Waals surface area contributed by atoms with Crippen molar-refractivity contribution in [2.75, 3.05) is 18.8 Å². The number of carbonyl (C=O) groups excluding carboxylic acids is 2. The lowest BCUT2D eigenvalue weighted by molar-refractivity contribution is -0.134. The molecule has 1 saturated heterocycles. The molecule has 0 saturated carbocycles. The average Bonchev–Trinajstić information content (AvgIpc) is 2.25. The van der Waals surface area contributed by atoms with Gasteiger partial charge in [-0.25, -0.2) is 8.42 Å². The third-order valence-electron chi connectivity index (χ3n) is 2.54. The van der Waals surface area contributed by atoms with E-state index in [4.69, 9.17) is 28.9 Å². The summed E-state index contributed by atoms with van der Waals surface area (Å²) in [7, 11) is -4.17. The second-order valence-electron chi connectivity index (χ2n) is 4.06. The zero-order valence-electron chi connectivity index (χ0n) is 9.89. The molecule has 2 rings (SSSR count). The van der Waals surface area contributed by atoms with Gasteiger partial charge in [-0.3, -0.25) is 14.9 Å². The Kier molecular flexibility index (Phi) is 3.92. The molecule has 0 spiro atoms. The highest BCUT2D eigenvalue weighted by Crippen LogP contribution is 2.34. The van der Waals surface area contributed by atoms with E-state index in [0.29, 0.717) is 4.31 Å². The number of imide groups is 1. The largest absolute Gasteiger partial charge is 0.399 e. The molecule has 7 nitrogen and oxygen atoms in total. The van der Waals surface area contributed by atoms with Gasteiger partial charge in [0.1, 0.15) is 4.90 Å². The number of nitrogen functional groups attached to an aromatic ring is 1. The number of rotatable bonds is 2. The Morgan fingerprint density at radius 2 is 1.55 bits per heavy atom. The van der Waals surface area contributed by atoms with Crippen LogP contribution in [0.5, 0.6) is 0 Å². The summed E-state index contributed by atoms with van der Waals surface area (Å²) in [5.74, 6) is -1.43. The van der Waals surface area contributed by atoms with Crippen LogP contribution in [-0.4, -0.2) is 37.6 Å². The van der Waals surface area contributed by atoms with E-state index in [-0.39, 0.29) is 20.6 Å². The fourth-order valence-corrected chi connectivity index (χ4v) is 4.27. The molecule has 10 heteroatoms. The van der Waals surface area contributed by atoms with Crippen LogP contribution in [0.3, 0.4) is 0 Å². The summed E-state index contributed by atoms with van der Waals surface area (Å²) < 4.78 is 25.5. The van der Waals surface area contributed by atoms with E-state index in [9.17, 15) is 18.0 Å². The van der Waals surface area contributed by atoms with Gasteiger partial charge in [0.25, 0.3) is 0 Å². The van der Waals surface area contributed by atoms with Crippen LogP contribution >= 0.6 is 23.2 Å². The number of anilines is 1. The lowest BCUT2D eigenvalue weighted by atomic mass is 10.3. The molecule has 1 aromatic carbocycles. The number of nitrogens with zero attached hydrogens (tertiary/aromatic N) is 1. The summed E-state index contributed by atoms with van der Waals surface area (Å²) in [5, 5.41) is 1.66. The lowest BCUT2D eigenvalue weighted by Gasteiger charge is -2.25. The second kappa shape index (κ2) is 5.21. The van der Waals surface area contributed by atoms with E-state index in [2.05, 4.69) is 0 Å². The first-order valence-electron chi connectivity index (χ1n) is 5.29. The molecular weight excluding hydrogens is 329 g/mol. The van der Waals surface area contributed by atoms with Crippen LogP contribution in [0, 0.1) is 0 Å². The number of halogens is 2. The molecule has 1 aliphatic heterocycles. The van der Waals surface area contributed by atoms with Gasteiger partial charge in [0, 0.05) is 5.69 Å². The van der Waals surface area contributed by atoms with Crippen LogP contribution in [0.25, 0.3) is 0 Å². The molecule has 2 amide bonds. The summed E-state index contributed by atoms with van der Waals surface area (Å²) in [4.78, 5) is 22.1. The maximum absolute atomic E-state index is 12.4. The molecule has 0 unspecified atom stereocenters. The van der Waals surface area contributed by atoms with Gasteiger partial charge in [-0.1, -0.05) is 23.2 Å². The Labute approximate surface area is 124 Å². The summed E-state index contributed by atoms with van der Waals surface area (Å²) in [6.45, 7) is -0.962. The number of sulfonamides is 1. The molecule has 3 N–H and O–H groups in total. The molecule has 1 fully saturated rings. The van der Waals surface area contributed by atoms with Crippen molar-refractivity contribution in [1.82, 2.24) is 9.62 Å². The fraction of sp³-hybridized carbons (Fsp3) is 0.200. The molecule has 1 aromatic rings. The molecule has 0 radical (unpaired) electrons. The minimum absolute atomic E-state index is 0.173. The van der Waals surface area contributed by atoms with Crippen molar-refractivity contribution in [2.45, 2.75) is 4.90 Å². The molecular formula is C10H9Cl2N3O4S. The summed E-state index contributed by atoms with van der Waals surface area (Å²) in [6.07, 6.45) is 0. The van der Waals surface area contributed by atoms with Gasteiger partial charge in [0.05, 0.1) is 23.1 Å². The lowest BCUT2D eigenvalue weighted by Crippen LogP contribution is -2.53. The van der Waals surface area contributed by atoms with Crippen molar-refractivity contribution in [3.8, 4) is 0 Å². The van der Waals surface area contributed by atoms with Crippen LogP contribution in [-0.2, 0) is 19.6 Å². The van der Waals surface area contributed by atoms with Gasteiger partial charge in [-0.2, -0.15) is 4.31 Å². The Hall–Kier alpha value is -1.35. The van der Waals surface area contributed by atoms with Crippen molar-refractivity contribution >= 4 is 50.7 Å². The van der Waals surface area contributed by atoms with E-state index in [1.165, 1.54) is 12.1 Å². The number of nitrogens with two attached hydrogens (primary N) is 1. The van der Waals surface area contributed by atoms with Gasteiger partial charge in [0.2, 0.25) is 21.8 Å².